The minimum Gasteiger partial charge on any atom is -0.483 e. The van der Waals surface area contributed by atoms with Crippen molar-refractivity contribution in [1.82, 2.24) is 65.6 Å². The average molecular weight is 1290 g/mol. The molecule has 0 spiro atoms. The fourth-order valence-electron chi connectivity index (χ4n) is 9.81. The summed E-state index contributed by atoms with van der Waals surface area (Å²) in [6, 6.07) is 12.0. The first kappa shape index (κ1) is 68.9. The zero-order chi connectivity index (χ0) is 62.5. The van der Waals surface area contributed by atoms with Crippen LogP contribution in [0.3, 0.4) is 0 Å². The maximum absolute atomic E-state index is 12.5. The number of nitro groups is 1. The molecule has 4 aliphatic heterocycles. The van der Waals surface area contributed by atoms with Gasteiger partial charge >= 0.3 is 12.2 Å². The Balaban J connectivity index is 0.000000266. The summed E-state index contributed by atoms with van der Waals surface area (Å²) in [7, 11) is 0. The van der Waals surface area contributed by atoms with E-state index in [1.165, 1.54) is 46.1 Å². The molecule has 16 N–H and O–H groups in total. The minimum absolute atomic E-state index is 0. The second-order valence-corrected chi connectivity index (χ2v) is 20.2. The molecule has 2 unspecified atom stereocenters. The molecular formula is C55H67N17O16Zn. The van der Waals surface area contributed by atoms with E-state index in [1.807, 2.05) is 0 Å². The molecule has 10 rings (SSSR count). The quantitative estimate of drug-likeness (QED) is 0.0215. The maximum atomic E-state index is 12.5. The monoisotopic (exact) mass is 1290 g/mol. The van der Waals surface area contributed by atoms with Gasteiger partial charge in [0.05, 0.1) is 17.6 Å². The SMILES string of the molecule is CCNC(=O)[C@H]1O[C@@H](n2cnc3c(N)nc(C#CCC4CCN(C(=O)Oc5ccc(N)cc5)CC4)nc32)[C@@H](O)C1O.CCNC(=O)[C@H]1O[C@@H](n2cnc3c(N)nc(C#CCC4CCN(C(=O)Oc5ccc([N+](=O)[O-])cc5)CC4)nc32)[C@@H](O)C1O.N.O=CO.[Zn]. The molecule has 4 aliphatic rings. The topological polar surface area (TPSA) is 497 Å². The summed E-state index contributed by atoms with van der Waals surface area (Å²) >= 11 is 0. The van der Waals surface area contributed by atoms with Gasteiger partial charge in [-0.2, -0.15) is 0 Å². The van der Waals surface area contributed by atoms with E-state index in [9.17, 15) is 49.7 Å². The molecule has 8 heterocycles. The molecule has 4 saturated heterocycles. The predicted molar refractivity (Wildman–Crippen MR) is 310 cm³/mol. The number of aliphatic hydroxyl groups is 4. The van der Waals surface area contributed by atoms with Gasteiger partial charge in [0, 0.05) is 89.4 Å². The Hall–Kier alpha value is -9.25. The number of nitrogens with one attached hydrogen (secondary N) is 2. The van der Waals surface area contributed by atoms with Crippen molar-refractivity contribution in [3.63, 3.8) is 0 Å². The number of nitrogen functional groups attached to an aromatic ring is 3. The number of non-ortho nitro benzene ring substituents is 1. The molecule has 2 aromatic carbocycles. The fourth-order valence-corrected chi connectivity index (χ4v) is 9.81. The number of amides is 4. The minimum atomic E-state index is -1.46. The number of likely N-dealkylation sites (tertiary alicyclic amines) is 2. The van der Waals surface area contributed by atoms with Crippen LogP contribution in [0.15, 0.2) is 61.2 Å². The van der Waals surface area contributed by atoms with Gasteiger partial charge in [0.2, 0.25) is 11.6 Å². The van der Waals surface area contributed by atoms with Crippen molar-refractivity contribution in [2.24, 2.45) is 11.8 Å². The van der Waals surface area contributed by atoms with Crippen LogP contribution in [0.25, 0.3) is 22.3 Å². The molecule has 4 fully saturated rings. The first-order valence-electron chi connectivity index (χ1n) is 27.5. The van der Waals surface area contributed by atoms with E-state index in [-0.39, 0.29) is 101 Å². The number of benzene rings is 2. The summed E-state index contributed by atoms with van der Waals surface area (Å²) in [5, 5.41) is 64.8. The number of aromatic nitrogens is 8. The summed E-state index contributed by atoms with van der Waals surface area (Å²) in [5.74, 6) is 12.6. The van der Waals surface area contributed by atoms with Crippen molar-refractivity contribution in [1.29, 1.82) is 0 Å². The van der Waals surface area contributed by atoms with E-state index >= 15 is 0 Å². The maximum Gasteiger partial charge on any atom is 0.415 e. The molecule has 34 heteroatoms. The van der Waals surface area contributed by atoms with Crippen LogP contribution in [0, 0.1) is 45.6 Å². The molecule has 0 aliphatic carbocycles. The summed E-state index contributed by atoms with van der Waals surface area (Å²) in [4.78, 5) is 97.1. The predicted octanol–water partition coefficient (Wildman–Crippen LogP) is 0.984. The number of rotatable bonds is 11. The number of ether oxygens (including phenoxy) is 4. The molecular weight excluding hydrogens is 1220 g/mol. The average Bonchev–Trinajstić information content (AvgIpc) is 1.79. The van der Waals surface area contributed by atoms with Crippen LogP contribution in [0.2, 0.25) is 0 Å². The molecule has 4 amide bonds. The molecule has 470 valence electrons. The van der Waals surface area contributed by atoms with E-state index in [0.29, 0.717) is 76.4 Å². The van der Waals surface area contributed by atoms with E-state index in [0.717, 1.165) is 12.8 Å². The fraction of sp³-hybridized carbons (Fsp3) is 0.436. The van der Waals surface area contributed by atoms with Gasteiger partial charge in [0.25, 0.3) is 24.0 Å². The van der Waals surface area contributed by atoms with Crippen LogP contribution in [0.1, 0.15) is 76.5 Å². The second-order valence-electron chi connectivity index (χ2n) is 20.2. The molecule has 0 radical (unpaired) electrons. The van der Waals surface area contributed by atoms with Crippen molar-refractivity contribution in [2.75, 3.05) is 56.5 Å². The van der Waals surface area contributed by atoms with Crippen LogP contribution in [-0.4, -0.2) is 186 Å². The van der Waals surface area contributed by atoms with E-state index < -0.39 is 78.0 Å². The number of anilines is 3. The molecule has 8 atom stereocenters. The Morgan fingerprint density at radius 3 is 1.39 bits per heavy atom. The number of nitrogens with zero attached hydrogens (tertiary/aromatic N) is 11. The number of nitrogens with two attached hydrogens (primary N) is 3. The van der Waals surface area contributed by atoms with Crippen LogP contribution in [0.4, 0.5) is 32.6 Å². The van der Waals surface area contributed by atoms with Gasteiger partial charge in [-0.05, 0) is 99.6 Å². The number of piperidine rings is 2. The summed E-state index contributed by atoms with van der Waals surface area (Å²) in [6.45, 7) is 5.96. The smallest absolute Gasteiger partial charge is 0.415 e. The number of aliphatic hydroxyl groups excluding tert-OH is 4. The van der Waals surface area contributed by atoms with E-state index in [1.54, 1.807) is 47.9 Å². The first-order valence-corrected chi connectivity index (χ1v) is 27.5. The molecule has 89 heavy (non-hydrogen) atoms. The number of likely N-dealkylation sites (N-methyl/N-ethyl adjacent to an activating group) is 2. The largest absolute Gasteiger partial charge is 0.483 e. The van der Waals surface area contributed by atoms with Crippen molar-refractivity contribution in [3.05, 3.63) is 82.9 Å². The normalized spacial score (nSPS) is 21.3. The van der Waals surface area contributed by atoms with Crippen molar-refractivity contribution < 1.29 is 92.9 Å². The number of hydrogen-bond acceptors (Lipinski definition) is 25. The number of carbonyl (C=O) groups excluding carboxylic acids is 4. The zero-order valence-corrected chi connectivity index (χ0v) is 51.4. The number of imidazole rings is 2. The van der Waals surface area contributed by atoms with Crippen molar-refractivity contribution in [3.8, 4) is 35.2 Å². The summed E-state index contributed by atoms with van der Waals surface area (Å²) < 4.78 is 24.9. The zero-order valence-electron chi connectivity index (χ0n) is 48.4. The molecule has 0 bridgehead atoms. The Labute approximate surface area is 520 Å². The Kier molecular flexibility index (Phi) is 24.4. The van der Waals surface area contributed by atoms with E-state index in [4.69, 9.17) is 46.0 Å². The third-order valence-corrected chi connectivity index (χ3v) is 14.4. The standard InChI is InChI=1S/C27H30N8O8.C27H32N8O6.CH2O2.H3N.Zn/c1-2-29-25(38)22-20(36)21(37)26(43-22)34-14-30-19-23(28)31-18(32-24(19)34)5-3-4-15-10-12-33(13-11-15)27(39)42-17-8-6-16(7-9-17)35(40)41;1-2-30-25(38)22-20(36)21(37)26(41-22)35-14-31-19-23(29)32-18(33-24(19)35)5-3-4-15-10-12-34(13-11-15)27(39)40-17-8-6-16(28)7-9-17;2-1-3;;/h6-9,14-15,20-22,26,36-37H,2,4,10-13H2,1H3,(H,29,38)(H2,28,31,32);6-9,14-15,20-22,26,36-37H,2,4,10-13,28H2,1H3,(H,30,38)(H2,29,32,33);1H,(H,2,3);1H3;/t2*20?,21-,22-,26+;;;/m00.../s1. The molecule has 6 aromatic rings. The van der Waals surface area contributed by atoms with Gasteiger partial charge < -0.3 is 88.3 Å². The number of hydrogen-bond donors (Lipinski definition) is 11. The van der Waals surface area contributed by atoms with Gasteiger partial charge in [-0.3, -0.25) is 33.6 Å². The third kappa shape index (κ3) is 16.7. The third-order valence-electron chi connectivity index (χ3n) is 14.4. The molecule has 0 saturated carbocycles. The molecule has 33 nitrogen and oxygen atoms in total. The first-order chi connectivity index (χ1) is 41.8. The number of carboxylic acid groups (broad SMARTS) is 1. The number of nitro benzene ring substituents is 1. The Morgan fingerprint density at radius 1 is 0.663 bits per heavy atom. The summed E-state index contributed by atoms with van der Waals surface area (Å²) in [6.07, 6.45) is -4.67. The summed E-state index contributed by atoms with van der Waals surface area (Å²) in [5.41, 5.74) is 19.4. The van der Waals surface area contributed by atoms with Gasteiger partial charge in [-0.15, -0.1) is 0 Å². The van der Waals surface area contributed by atoms with Gasteiger partial charge in [-0.25, -0.2) is 39.5 Å². The Morgan fingerprint density at radius 2 is 1.03 bits per heavy atom. The van der Waals surface area contributed by atoms with Crippen molar-refractivity contribution in [2.45, 2.75) is 101 Å². The molecule has 4 aromatic heterocycles. The van der Waals surface area contributed by atoms with Crippen molar-refractivity contribution >= 4 is 75.8 Å². The second kappa shape index (κ2) is 31.6. The van der Waals surface area contributed by atoms with Crippen LogP contribution in [-0.2, 0) is 43.3 Å². The van der Waals surface area contributed by atoms with Gasteiger partial charge in [-0.1, -0.05) is 11.8 Å². The van der Waals surface area contributed by atoms with Crippen LogP contribution in [0.5, 0.6) is 11.5 Å². The number of fused-ring (bicyclic) bond motifs is 2. The number of carbonyl (C=O) groups is 5. The van der Waals surface area contributed by atoms with Crippen LogP contribution >= 0.6 is 0 Å². The van der Waals surface area contributed by atoms with E-state index in [2.05, 4.69) is 64.2 Å². The van der Waals surface area contributed by atoms with Crippen LogP contribution < -0.4 is 43.5 Å². The van der Waals surface area contributed by atoms with Gasteiger partial charge in [0.15, 0.2) is 47.6 Å². The Bertz CT molecular complexity index is 3580. The van der Waals surface area contributed by atoms with Gasteiger partial charge in [0.1, 0.15) is 46.9 Å².